The van der Waals surface area contributed by atoms with Gasteiger partial charge in [-0.1, -0.05) is 25.6 Å². The van der Waals surface area contributed by atoms with Crippen molar-refractivity contribution >= 4 is 7.85 Å². The highest BCUT2D eigenvalue weighted by Crippen LogP contribution is 1.99. The van der Waals surface area contributed by atoms with Crippen LogP contribution in [0.4, 0.5) is 0 Å². The van der Waals surface area contributed by atoms with Gasteiger partial charge in [0.15, 0.2) is 0 Å². The molecule has 0 radical (unpaired) electrons. The summed E-state index contributed by atoms with van der Waals surface area (Å²) in [4.78, 5) is 0. The fourth-order valence-electron chi connectivity index (χ4n) is 0.715. The minimum atomic E-state index is 0.365. The number of aliphatic hydroxyl groups excluding tert-OH is 1. The van der Waals surface area contributed by atoms with E-state index < -0.39 is 0 Å². The Labute approximate surface area is 52.5 Å². The van der Waals surface area contributed by atoms with Gasteiger partial charge < -0.3 is 5.11 Å². The Hall–Kier alpha value is 0.0249. The second kappa shape index (κ2) is 7.02. The third kappa shape index (κ3) is 6.02. The van der Waals surface area contributed by atoms with Crippen LogP contribution in [0.25, 0.3) is 0 Å². The van der Waals surface area contributed by atoms with Gasteiger partial charge in [-0.2, -0.15) is 0 Å². The minimum Gasteiger partial charge on any atom is -0.396 e. The second-order valence-corrected chi connectivity index (χ2v) is 2.14. The largest absolute Gasteiger partial charge is 0.396 e. The highest BCUT2D eigenvalue weighted by molar-refractivity contribution is 6.08. The van der Waals surface area contributed by atoms with Crippen molar-refractivity contribution in [2.45, 2.75) is 32.0 Å². The summed E-state index contributed by atoms with van der Waals surface area (Å²) in [6.07, 6.45) is 6.08. The molecule has 0 aliphatic rings. The molecule has 0 amide bonds. The summed E-state index contributed by atoms with van der Waals surface area (Å²) < 4.78 is 0. The first-order valence-electron chi connectivity index (χ1n) is 3.52. The topological polar surface area (TPSA) is 20.2 Å². The molecule has 1 nitrogen and oxygen atoms in total. The number of rotatable bonds is 5. The first kappa shape index (κ1) is 8.02. The summed E-state index contributed by atoms with van der Waals surface area (Å²) in [7, 11) is 2.19. The Morgan fingerprint density at radius 2 is 1.62 bits per heavy atom. The van der Waals surface area contributed by atoms with Gasteiger partial charge in [0, 0.05) is 6.61 Å². The molecule has 0 atom stereocenters. The van der Waals surface area contributed by atoms with Crippen LogP contribution in [0.3, 0.4) is 0 Å². The highest BCUT2D eigenvalue weighted by atomic mass is 16.2. The standard InChI is InChI=1S/C6H15BO/c7-5-3-1-2-4-6-8/h8H,1-7H2. The molecule has 1 N–H and O–H groups in total. The van der Waals surface area contributed by atoms with Gasteiger partial charge in [0.2, 0.25) is 0 Å². The summed E-state index contributed by atoms with van der Waals surface area (Å²) in [5.41, 5.74) is 0. The molecule has 0 aromatic heterocycles. The fraction of sp³-hybridized carbons (Fsp3) is 1.00. The first-order chi connectivity index (χ1) is 3.91. The van der Waals surface area contributed by atoms with Gasteiger partial charge in [0.25, 0.3) is 0 Å². The number of hydrogen-bond donors (Lipinski definition) is 1. The molecule has 0 saturated carbocycles. The molecule has 0 spiro atoms. The third-order valence-corrected chi connectivity index (χ3v) is 1.26. The van der Waals surface area contributed by atoms with Crippen molar-refractivity contribution in [1.29, 1.82) is 0 Å². The summed E-state index contributed by atoms with van der Waals surface area (Å²) in [6.45, 7) is 0.365. The Morgan fingerprint density at radius 3 is 2.12 bits per heavy atom. The summed E-state index contributed by atoms with van der Waals surface area (Å²) >= 11 is 0. The highest BCUT2D eigenvalue weighted by Gasteiger charge is 1.84. The van der Waals surface area contributed by atoms with E-state index in [4.69, 9.17) is 5.11 Å². The summed E-state index contributed by atoms with van der Waals surface area (Å²) in [5.74, 6) is 0. The molecule has 0 bridgehead atoms. The van der Waals surface area contributed by atoms with Crippen LogP contribution in [0, 0.1) is 0 Å². The molecule has 0 unspecified atom stereocenters. The van der Waals surface area contributed by atoms with E-state index >= 15 is 0 Å². The van der Waals surface area contributed by atoms with Crippen molar-refractivity contribution in [3.05, 3.63) is 0 Å². The molecule has 0 heterocycles. The summed E-state index contributed by atoms with van der Waals surface area (Å²) in [6, 6.07) is 0. The lowest BCUT2D eigenvalue weighted by molar-refractivity contribution is 0.283. The van der Waals surface area contributed by atoms with Crippen LogP contribution in [-0.2, 0) is 0 Å². The van der Waals surface area contributed by atoms with Gasteiger partial charge in [0.1, 0.15) is 7.85 Å². The van der Waals surface area contributed by atoms with E-state index in [-0.39, 0.29) is 0 Å². The molecule has 0 aromatic carbocycles. The Bertz CT molecular complexity index is 33.5. The molecule has 0 fully saturated rings. The van der Waals surface area contributed by atoms with E-state index in [0.29, 0.717) is 6.61 Å². The average Bonchev–Trinajstić information content (AvgIpc) is 1.81. The van der Waals surface area contributed by atoms with E-state index in [1.165, 1.54) is 25.6 Å². The maximum absolute atomic E-state index is 8.37. The molecule has 2 heteroatoms. The van der Waals surface area contributed by atoms with Crippen LogP contribution < -0.4 is 0 Å². The predicted octanol–water partition coefficient (Wildman–Crippen LogP) is 0.591. The van der Waals surface area contributed by atoms with Gasteiger partial charge in [-0.3, -0.25) is 0 Å². The smallest absolute Gasteiger partial charge is 0.101 e. The molecule has 0 aliphatic heterocycles. The predicted molar refractivity (Wildman–Crippen MR) is 38.9 cm³/mol. The van der Waals surface area contributed by atoms with Crippen molar-refractivity contribution in [3.8, 4) is 0 Å². The van der Waals surface area contributed by atoms with E-state index in [2.05, 4.69) is 7.85 Å². The lowest BCUT2D eigenvalue weighted by Gasteiger charge is -1.93. The van der Waals surface area contributed by atoms with E-state index in [1.54, 1.807) is 0 Å². The van der Waals surface area contributed by atoms with Crippen LogP contribution in [-0.4, -0.2) is 19.6 Å². The molecule has 0 saturated heterocycles. The monoisotopic (exact) mass is 114 g/mol. The quantitative estimate of drug-likeness (QED) is 0.409. The number of hydrogen-bond acceptors (Lipinski definition) is 1. The van der Waals surface area contributed by atoms with Crippen LogP contribution in [0.5, 0.6) is 0 Å². The fourth-order valence-corrected chi connectivity index (χ4v) is 0.715. The van der Waals surface area contributed by atoms with E-state index in [9.17, 15) is 0 Å². The van der Waals surface area contributed by atoms with Crippen molar-refractivity contribution in [2.75, 3.05) is 6.61 Å². The van der Waals surface area contributed by atoms with Gasteiger partial charge in [0.05, 0.1) is 0 Å². The van der Waals surface area contributed by atoms with Crippen LogP contribution in [0.15, 0.2) is 0 Å². The molecule has 48 valence electrons. The van der Waals surface area contributed by atoms with Crippen molar-refractivity contribution in [1.82, 2.24) is 0 Å². The third-order valence-electron chi connectivity index (χ3n) is 1.26. The number of unbranched alkanes of at least 4 members (excludes halogenated alkanes) is 3. The molecular formula is C6H15BO. The second-order valence-electron chi connectivity index (χ2n) is 2.14. The van der Waals surface area contributed by atoms with Crippen molar-refractivity contribution < 1.29 is 5.11 Å². The van der Waals surface area contributed by atoms with Gasteiger partial charge in [-0.15, -0.1) is 0 Å². The normalized spacial score (nSPS) is 9.62. The Balaban J connectivity index is 2.53. The zero-order valence-corrected chi connectivity index (χ0v) is 5.69. The molecule has 0 rings (SSSR count). The van der Waals surface area contributed by atoms with Gasteiger partial charge in [-0.25, -0.2) is 0 Å². The van der Waals surface area contributed by atoms with E-state index in [1.807, 2.05) is 0 Å². The van der Waals surface area contributed by atoms with Gasteiger partial charge in [-0.05, 0) is 6.42 Å². The lowest BCUT2D eigenvalue weighted by atomic mass is 9.99. The molecule has 0 aliphatic carbocycles. The molecular weight excluding hydrogens is 98.9 g/mol. The average molecular weight is 114 g/mol. The van der Waals surface area contributed by atoms with E-state index in [0.717, 1.165) is 6.42 Å². The van der Waals surface area contributed by atoms with Gasteiger partial charge >= 0.3 is 0 Å². The summed E-state index contributed by atoms with van der Waals surface area (Å²) in [5, 5.41) is 8.37. The van der Waals surface area contributed by atoms with Crippen LogP contribution in [0.1, 0.15) is 25.7 Å². The number of aliphatic hydroxyl groups is 1. The van der Waals surface area contributed by atoms with Crippen molar-refractivity contribution in [2.24, 2.45) is 0 Å². The first-order valence-corrected chi connectivity index (χ1v) is 3.52. The Kier molecular flexibility index (Phi) is 7.05. The van der Waals surface area contributed by atoms with Crippen LogP contribution >= 0.6 is 0 Å². The van der Waals surface area contributed by atoms with Crippen LogP contribution in [0.2, 0.25) is 6.32 Å². The molecule has 0 aromatic rings. The zero-order chi connectivity index (χ0) is 6.24. The maximum Gasteiger partial charge on any atom is 0.101 e. The Morgan fingerprint density at radius 1 is 1.00 bits per heavy atom. The SMILES string of the molecule is BCCCCCCO. The maximum atomic E-state index is 8.37. The van der Waals surface area contributed by atoms with Crippen molar-refractivity contribution in [3.63, 3.8) is 0 Å². The molecule has 8 heavy (non-hydrogen) atoms. The zero-order valence-electron chi connectivity index (χ0n) is 5.69. The lowest BCUT2D eigenvalue weighted by Crippen LogP contribution is -1.82. The minimum absolute atomic E-state index is 0.365.